The summed E-state index contributed by atoms with van der Waals surface area (Å²) in [6.45, 7) is 2.75. The Labute approximate surface area is 181 Å². The fourth-order valence-electron chi connectivity index (χ4n) is 3.46. The number of carbonyl (C=O) groups is 2. The lowest BCUT2D eigenvalue weighted by Crippen LogP contribution is -2.29. The van der Waals surface area contributed by atoms with Crippen molar-refractivity contribution < 1.29 is 19.1 Å². The molecule has 2 amide bonds. The van der Waals surface area contributed by atoms with Crippen LogP contribution in [0.25, 0.3) is 0 Å². The van der Waals surface area contributed by atoms with Gasteiger partial charge in [-0.3, -0.25) is 14.5 Å². The normalized spacial score (nSPS) is 14.2. The molecular formula is C22H26ClN3O4. The molecule has 160 valence electrons. The van der Waals surface area contributed by atoms with E-state index in [1.165, 1.54) is 38.5 Å². The number of piperidine rings is 1. The topological polar surface area (TPSA) is 93.9 Å². The van der Waals surface area contributed by atoms with E-state index in [9.17, 15) is 9.59 Å². The summed E-state index contributed by atoms with van der Waals surface area (Å²) in [6.07, 6.45) is 3.77. The highest BCUT2D eigenvalue weighted by Crippen LogP contribution is 2.36. The molecule has 30 heavy (non-hydrogen) atoms. The van der Waals surface area contributed by atoms with E-state index in [0.29, 0.717) is 11.3 Å². The van der Waals surface area contributed by atoms with Crippen molar-refractivity contribution in [2.24, 2.45) is 5.73 Å². The van der Waals surface area contributed by atoms with Gasteiger partial charge in [0.25, 0.3) is 11.8 Å². The van der Waals surface area contributed by atoms with Crippen LogP contribution in [-0.4, -0.2) is 43.5 Å². The molecule has 0 aromatic heterocycles. The first-order chi connectivity index (χ1) is 14.5. The highest BCUT2D eigenvalue weighted by molar-refractivity contribution is 6.32. The Balaban J connectivity index is 1.71. The van der Waals surface area contributed by atoms with Crippen LogP contribution in [0.1, 0.15) is 35.2 Å². The van der Waals surface area contributed by atoms with E-state index in [-0.39, 0.29) is 29.0 Å². The number of nitrogens with one attached hydrogen (secondary N) is 1. The minimum Gasteiger partial charge on any atom is -0.493 e. The molecule has 7 nitrogen and oxygen atoms in total. The zero-order valence-electron chi connectivity index (χ0n) is 16.9. The first kappa shape index (κ1) is 21.9. The summed E-state index contributed by atoms with van der Waals surface area (Å²) in [6, 6.07) is 10.8. The Morgan fingerprint density at radius 1 is 1.17 bits per heavy atom. The first-order valence-electron chi connectivity index (χ1n) is 9.87. The van der Waals surface area contributed by atoms with Gasteiger partial charge in [-0.25, -0.2) is 0 Å². The van der Waals surface area contributed by atoms with Crippen molar-refractivity contribution in [3.63, 3.8) is 0 Å². The number of rotatable bonds is 8. The fraction of sp³-hybridized carbons (Fsp3) is 0.364. The highest BCUT2D eigenvalue weighted by Gasteiger charge is 2.17. The zero-order chi connectivity index (χ0) is 21.5. The number of hydrogen-bond acceptors (Lipinski definition) is 5. The van der Waals surface area contributed by atoms with Crippen LogP contribution in [0.3, 0.4) is 0 Å². The molecule has 1 fully saturated rings. The number of primary amides is 1. The maximum absolute atomic E-state index is 12.8. The number of anilines is 1. The molecule has 0 aliphatic carbocycles. The molecule has 3 N–H and O–H groups in total. The van der Waals surface area contributed by atoms with Crippen LogP contribution in [0.15, 0.2) is 36.4 Å². The third-order valence-electron chi connectivity index (χ3n) is 4.89. The molecule has 8 heteroatoms. The molecule has 3 rings (SSSR count). The monoisotopic (exact) mass is 431 g/mol. The van der Waals surface area contributed by atoms with Crippen molar-refractivity contribution in [2.45, 2.75) is 25.8 Å². The third kappa shape index (κ3) is 5.87. The number of ether oxygens (including phenoxy) is 2. The van der Waals surface area contributed by atoms with Crippen molar-refractivity contribution in [1.29, 1.82) is 0 Å². The number of nitrogens with two attached hydrogens (primary N) is 1. The van der Waals surface area contributed by atoms with Gasteiger partial charge in [0.2, 0.25) is 0 Å². The second-order valence-corrected chi connectivity index (χ2v) is 7.64. The number of benzene rings is 2. The standard InChI is InChI=1S/C22H26ClN3O4/c1-29-19-12-16(11-18(23)21(19)30-14-20(24)27)22(28)25-17-7-5-6-15(10-17)13-26-8-3-2-4-9-26/h5-7,10-12H,2-4,8-9,13-14H2,1H3,(H2,24,27)(H,25,28). The maximum Gasteiger partial charge on any atom is 0.255 e. The Kier molecular flexibility index (Phi) is 7.54. The first-order valence-corrected chi connectivity index (χ1v) is 10.3. The van der Waals surface area contributed by atoms with Crippen LogP contribution < -0.4 is 20.5 Å². The Morgan fingerprint density at radius 2 is 1.93 bits per heavy atom. The van der Waals surface area contributed by atoms with Crippen LogP contribution >= 0.6 is 11.6 Å². The third-order valence-corrected chi connectivity index (χ3v) is 5.17. The highest BCUT2D eigenvalue weighted by atomic mass is 35.5. The van der Waals surface area contributed by atoms with Crippen molar-refractivity contribution in [3.05, 3.63) is 52.5 Å². The predicted molar refractivity (Wildman–Crippen MR) is 116 cm³/mol. The largest absolute Gasteiger partial charge is 0.493 e. The molecular weight excluding hydrogens is 406 g/mol. The number of likely N-dealkylation sites (tertiary alicyclic amines) is 1. The van der Waals surface area contributed by atoms with Gasteiger partial charge in [-0.05, 0) is 55.8 Å². The van der Waals surface area contributed by atoms with E-state index in [1.54, 1.807) is 0 Å². The van der Waals surface area contributed by atoms with Gasteiger partial charge >= 0.3 is 0 Å². The summed E-state index contributed by atoms with van der Waals surface area (Å²) in [7, 11) is 1.43. The smallest absolute Gasteiger partial charge is 0.255 e. The van der Waals surface area contributed by atoms with Gasteiger partial charge in [0.05, 0.1) is 12.1 Å². The van der Waals surface area contributed by atoms with Gasteiger partial charge < -0.3 is 20.5 Å². The van der Waals surface area contributed by atoms with Crippen LogP contribution in [0, 0.1) is 0 Å². The quantitative estimate of drug-likeness (QED) is 0.667. The van der Waals surface area contributed by atoms with Gasteiger partial charge in [0.15, 0.2) is 18.1 Å². The van der Waals surface area contributed by atoms with Crippen LogP contribution in [-0.2, 0) is 11.3 Å². The lowest BCUT2D eigenvalue weighted by Gasteiger charge is -2.26. The van der Waals surface area contributed by atoms with E-state index in [2.05, 4.69) is 16.3 Å². The average Bonchev–Trinajstić information content (AvgIpc) is 2.73. The van der Waals surface area contributed by atoms with Crippen molar-refractivity contribution in [1.82, 2.24) is 4.90 Å². The molecule has 0 bridgehead atoms. The van der Waals surface area contributed by atoms with E-state index in [1.807, 2.05) is 18.2 Å². The van der Waals surface area contributed by atoms with Gasteiger partial charge in [-0.2, -0.15) is 0 Å². The molecule has 0 unspecified atom stereocenters. The second-order valence-electron chi connectivity index (χ2n) is 7.24. The van der Waals surface area contributed by atoms with Crippen LogP contribution in [0.4, 0.5) is 5.69 Å². The van der Waals surface area contributed by atoms with Crippen LogP contribution in [0.2, 0.25) is 5.02 Å². The van der Waals surface area contributed by atoms with E-state index in [0.717, 1.165) is 25.2 Å². The number of hydrogen-bond donors (Lipinski definition) is 2. The van der Waals surface area contributed by atoms with Gasteiger partial charge in [0, 0.05) is 17.8 Å². The molecule has 0 saturated carbocycles. The SMILES string of the molecule is COc1cc(C(=O)Nc2cccc(CN3CCCCC3)c2)cc(Cl)c1OCC(N)=O. The molecule has 2 aromatic carbocycles. The van der Waals surface area contributed by atoms with E-state index in [4.69, 9.17) is 26.8 Å². The van der Waals surface area contributed by atoms with E-state index < -0.39 is 5.91 Å². The molecule has 2 aromatic rings. The Hall–Kier alpha value is -2.77. The Bertz CT molecular complexity index is 913. The summed E-state index contributed by atoms with van der Waals surface area (Å²) in [5.41, 5.74) is 7.27. The number of nitrogens with zero attached hydrogens (tertiary/aromatic N) is 1. The molecule has 1 aliphatic heterocycles. The lowest BCUT2D eigenvalue weighted by atomic mass is 10.1. The number of amides is 2. The molecule has 0 radical (unpaired) electrons. The summed E-state index contributed by atoms with van der Waals surface area (Å²) >= 11 is 6.23. The molecule has 1 saturated heterocycles. The van der Waals surface area contributed by atoms with Gasteiger partial charge in [-0.15, -0.1) is 0 Å². The number of halogens is 1. The molecule has 0 spiro atoms. The Morgan fingerprint density at radius 3 is 2.63 bits per heavy atom. The molecule has 1 aliphatic rings. The summed E-state index contributed by atoms with van der Waals surface area (Å²) < 4.78 is 10.5. The predicted octanol–water partition coefficient (Wildman–Crippen LogP) is 3.45. The second kappa shape index (κ2) is 10.3. The van der Waals surface area contributed by atoms with Crippen molar-refractivity contribution >= 4 is 29.1 Å². The summed E-state index contributed by atoms with van der Waals surface area (Å²) in [4.78, 5) is 26.2. The zero-order valence-corrected chi connectivity index (χ0v) is 17.7. The molecule has 0 atom stereocenters. The number of methoxy groups -OCH3 is 1. The van der Waals surface area contributed by atoms with E-state index >= 15 is 0 Å². The van der Waals surface area contributed by atoms with Crippen molar-refractivity contribution in [3.8, 4) is 11.5 Å². The minimum atomic E-state index is -0.639. The number of carbonyl (C=O) groups excluding carboxylic acids is 2. The fourth-order valence-corrected chi connectivity index (χ4v) is 3.73. The lowest BCUT2D eigenvalue weighted by molar-refractivity contribution is -0.119. The summed E-state index contributed by atoms with van der Waals surface area (Å²) in [5.74, 6) is -0.558. The minimum absolute atomic E-state index is 0.152. The molecule has 1 heterocycles. The maximum atomic E-state index is 12.8. The van der Waals surface area contributed by atoms with Gasteiger partial charge in [0.1, 0.15) is 0 Å². The summed E-state index contributed by atoms with van der Waals surface area (Å²) in [5, 5.41) is 3.05. The van der Waals surface area contributed by atoms with Gasteiger partial charge in [-0.1, -0.05) is 30.2 Å². The van der Waals surface area contributed by atoms with Crippen LogP contribution in [0.5, 0.6) is 11.5 Å². The van der Waals surface area contributed by atoms with Crippen molar-refractivity contribution in [2.75, 3.05) is 32.1 Å². The average molecular weight is 432 g/mol.